The molecule has 0 aliphatic rings. The summed E-state index contributed by atoms with van der Waals surface area (Å²) in [7, 11) is 3.72. The second-order valence-corrected chi connectivity index (χ2v) is 6.58. The molecule has 8 nitrogen and oxygen atoms in total. The predicted octanol–water partition coefficient (Wildman–Crippen LogP) is 2.77. The highest BCUT2D eigenvalue weighted by atomic mass is 16.5. The number of benzene rings is 1. The Bertz CT molecular complexity index is 896. The van der Waals surface area contributed by atoms with Gasteiger partial charge in [-0.3, -0.25) is 10.1 Å². The maximum atomic E-state index is 5.88. The molecule has 2 aromatic heterocycles. The van der Waals surface area contributed by atoms with E-state index in [2.05, 4.69) is 45.4 Å². The van der Waals surface area contributed by atoms with Crippen molar-refractivity contribution in [3.05, 3.63) is 53.5 Å². The van der Waals surface area contributed by atoms with E-state index in [0.717, 1.165) is 11.7 Å². The lowest BCUT2D eigenvalue weighted by molar-refractivity contribution is 0.281. The van der Waals surface area contributed by atoms with Gasteiger partial charge >= 0.3 is 0 Å². The van der Waals surface area contributed by atoms with Gasteiger partial charge in [0.25, 0.3) is 0 Å². The van der Waals surface area contributed by atoms with Gasteiger partial charge in [0.15, 0.2) is 11.7 Å². The van der Waals surface area contributed by atoms with Gasteiger partial charge < -0.3 is 19.4 Å². The molecule has 0 bridgehead atoms. The molecule has 0 spiro atoms. The van der Waals surface area contributed by atoms with Gasteiger partial charge in [0.1, 0.15) is 18.2 Å². The van der Waals surface area contributed by atoms with Gasteiger partial charge in [-0.15, -0.1) is 5.10 Å². The third-order valence-corrected chi connectivity index (χ3v) is 4.15. The highest BCUT2D eigenvalue weighted by molar-refractivity contribution is 5.79. The van der Waals surface area contributed by atoms with Gasteiger partial charge in [0.05, 0.1) is 19.4 Å². The average molecular weight is 382 g/mol. The summed E-state index contributed by atoms with van der Waals surface area (Å²) in [5.74, 6) is 3.51. The van der Waals surface area contributed by atoms with Gasteiger partial charge in [-0.1, -0.05) is 6.07 Å². The van der Waals surface area contributed by atoms with Crippen molar-refractivity contribution in [1.82, 2.24) is 25.4 Å². The number of ether oxygens (including phenoxy) is 1. The maximum Gasteiger partial charge on any atom is 0.216 e. The minimum atomic E-state index is 0.475. The SMILES string of the molecule is CN=C(NCc1nc(-c2ccco2)n[nH]1)N(C)CCOc1cc(C)cc(C)c1. The molecule has 0 fully saturated rings. The monoisotopic (exact) mass is 382 g/mol. The number of guanidine groups is 1. The lowest BCUT2D eigenvalue weighted by Crippen LogP contribution is -2.40. The van der Waals surface area contributed by atoms with E-state index < -0.39 is 0 Å². The van der Waals surface area contributed by atoms with Crippen LogP contribution in [0, 0.1) is 13.8 Å². The highest BCUT2D eigenvalue weighted by Crippen LogP contribution is 2.16. The molecule has 2 N–H and O–H groups in total. The Balaban J connectivity index is 1.48. The van der Waals surface area contributed by atoms with Crippen LogP contribution in [0.15, 0.2) is 46.0 Å². The van der Waals surface area contributed by atoms with Crippen molar-refractivity contribution in [1.29, 1.82) is 0 Å². The number of aromatic nitrogens is 3. The summed E-state index contributed by atoms with van der Waals surface area (Å²) >= 11 is 0. The number of aryl methyl sites for hydroxylation is 2. The minimum Gasteiger partial charge on any atom is -0.492 e. The number of H-pyrrole nitrogens is 1. The largest absolute Gasteiger partial charge is 0.492 e. The van der Waals surface area contributed by atoms with Crippen LogP contribution in [-0.4, -0.2) is 53.3 Å². The van der Waals surface area contributed by atoms with Crippen molar-refractivity contribution in [2.24, 2.45) is 4.99 Å². The molecule has 148 valence electrons. The first-order chi connectivity index (χ1) is 13.5. The van der Waals surface area contributed by atoms with Crippen LogP contribution in [0.2, 0.25) is 0 Å². The molecule has 0 amide bonds. The van der Waals surface area contributed by atoms with Crippen LogP contribution in [0.1, 0.15) is 17.0 Å². The lowest BCUT2D eigenvalue weighted by atomic mass is 10.1. The summed E-state index contributed by atoms with van der Waals surface area (Å²) < 4.78 is 11.2. The van der Waals surface area contributed by atoms with Gasteiger partial charge in [-0.25, -0.2) is 4.98 Å². The van der Waals surface area contributed by atoms with Crippen LogP contribution >= 0.6 is 0 Å². The Labute approximate surface area is 164 Å². The third-order valence-electron chi connectivity index (χ3n) is 4.15. The number of furan rings is 1. The summed E-state index contributed by atoms with van der Waals surface area (Å²) in [4.78, 5) is 10.7. The second-order valence-electron chi connectivity index (χ2n) is 6.58. The molecule has 28 heavy (non-hydrogen) atoms. The minimum absolute atomic E-state index is 0.475. The third kappa shape index (κ3) is 5.12. The van der Waals surface area contributed by atoms with Crippen molar-refractivity contribution in [3.63, 3.8) is 0 Å². The smallest absolute Gasteiger partial charge is 0.216 e. The molecule has 3 aromatic rings. The fourth-order valence-electron chi connectivity index (χ4n) is 2.86. The number of likely N-dealkylation sites (N-methyl/N-ethyl adjacent to an activating group) is 1. The zero-order chi connectivity index (χ0) is 19.9. The van der Waals surface area contributed by atoms with Crippen LogP contribution < -0.4 is 10.1 Å². The average Bonchev–Trinajstić information content (AvgIpc) is 3.33. The molecular weight excluding hydrogens is 356 g/mol. The Morgan fingerprint density at radius 1 is 1.29 bits per heavy atom. The van der Waals surface area contributed by atoms with Gasteiger partial charge in [-0.2, -0.15) is 0 Å². The number of hydrogen-bond donors (Lipinski definition) is 2. The van der Waals surface area contributed by atoms with Crippen LogP contribution in [0.4, 0.5) is 0 Å². The number of aromatic amines is 1. The number of nitrogens with zero attached hydrogens (tertiary/aromatic N) is 4. The van der Waals surface area contributed by atoms with Gasteiger partial charge in [0, 0.05) is 14.1 Å². The topological polar surface area (TPSA) is 91.6 Å². The summed E-state index contributed by atoms with van der Waals surface area (Å²) in [5, 5.41) is 10.3. The number of hydrogen-bond acceptors (Lipinski definition) is 5. The predicted molar refractivity (Wildman–Crippen MR) is 108 cm³/mol. The van der Waals surface area contributed by atoms with Crippen LogP contribution in [0.25, 0.3) is 11.6 Å². The Morgan fingerprint density at radius 2 is 2.07 bits per heavy atom. The molecule has 1 aromatic carbocycles. The molecule has 0 saturated carbocycles. The molecular formula is C20H26N6O2. The summed E-state index contributed by atoms with van der Waals surface area (Å²) in [6, 6.07) is 9.84. The molecule has 0 radical (unpaired) electrons. The first-order valence-electron chi connectivity index (χ1n) is 9.13. The van der Waals surface area contributed by atoms with Gasteiger partial charge in [-0.05, 0) is 49.2 Å². The zero-order valence-corrected chi connectivity index (χ0v) is 16.7. The fraction of sp³-hybridized carbons (Fsp3) is 0.350. The van der Waals surface area contributed by atoms with Crippen molar-refractivity contribution in [3.8, 4) is 17.3 Å². The van der Waals surface area contributed by atoms with E-state index in [-0.39, 0.29) is 0 Å². The summed E-state index contributed by atoms with van der Waals surface area (Å²) in [6.07, 6.45) is 1.60. The fourth-order valence-corrected chi connectivity index (χ4v) is 2.86. The quantitative estimate of drug-likeness (QED) is 0.482. The molecule has 8 heteroatoms. The van der Waals surface area contributed by atoms with E-state index in [4.69, 9.17) is 9.15 Å². The maximum absolute atomic E-state index is 5.88. The zero-order valence-electron chi connectivity index (χ0n) is 16.7. The summed E-state index contributed by atoms with van der Waals surface area (Å²) in [5.41, 5.74) is 2.39. The lowest BCUT2D eigenvalue weighted by Gasteiger charge is -2.21. The summed E-state index contributed by atoms with van der Waals surface area (Å²) in [6.45, 7) is 5.87. The first-order valence-corrected chi connectivity index (χ1v) is 9.13. The Morgan fingerprint density at radius 3 is 2.75 bits per heavy atom. The standard InChI is InChI=1S/C20H26N6O2/c1-14-10-15(2)12-16(11-14)27-9-7-26(4)20(21-3)22-13-18-23-19(25-24-18)17-6-5-8-28-17/h5-6,8,10-12H,7,9,13H2,1-4H3,(H,21,22)(H,23,24,25). The molecule has 0 aliphatic heterocycles. The number of rotatable bonds is 7. The van der Waals surface area contributed by atoms with Crippen LogP contribution in [0.5, 0.6) is 5.75 Å². The molecule has 3 rings (SSSR count). The highest BCUT2D eigenvalue weighted by Gasteiger charge is 2.10. The normalized spacial score (nSPS) is 11.5. The van der Waals surface area contributed by atoms with E-state index in [0.29, 0.717) is 37.1 Å². The van der Waals surface area contributed by atoms with E-state index in [1.807, 2.05) is 30.1 Å². The van der Waals surface area contributed by atoms with E-state index in [1.54, 1.807) is 19.4 Å². The Hall–Kier alpha value is -3.29. The van der Waals surface area contributed by atoms with Crippen molar-refractivity contribution in [2.45, 2.75) is 20.4 Å². The second kappa shape index (κ2) is 9.07. The molecule has 0 aliphatic carbocycles. The van der Waals surface area contributed by atoms with Crippen molar-refractivity contribution < 1.29 is 9.15 Å². The van der Waals surface area contributed by atoms with E-state index >= 15 is 0 Å². The number of nitrogens with one attached hydrogen (secondary N) is 2. The number of aliphatic imine (C=N–C) groups is 1. The van der Waals surface area contributed by atoms with E-state index in [9.17, 15) is 0 Å². The molecule has 0 atom stereocenters. The molecule has 2 heterocycles. The van der Waals surface area contributed by atoms with E-state index in [1.165, 1.54) is 11.1 Å². The first kappa shape index (κ1) is 19.5. The van der Waals surface area contributed by atoms with Gasteiger partial charge in [0.2, 0.25) is 5.82 Å². The Kier molecular flexibility index (Phi) is 6.31. The van der Waals surface area contributed by atoms with Crippen molar-refractivity contribution in [2.75, 3.05) is 27.2 Å². The van der Waals surface area contributed by atoms with Crippen LogP contribution in [-0.2, 0) is 6.54 Å². The van der Waals surface area contributed by atoms with Crippen molar-refractivity contribution >= 4 is 5.96 Å². The van der Waals surface area contributed by atoms with Crippen LogP contribution in [0.3, 0.4) is 0 Å². The molecule has 0 unspecified atom stereocenters. The molecule has 0 saturated heterocycles.